The van der Waals surface area contributed by atoms with Crippen LogP contribution in [0.1, 0.15) is 0 Å². The van der Waals surface area contributed by atoms with Crippen molar-refractivity contribution in [1.29, 1.82) is 0 Å². The second kappa shape index (κ2) is 7.98. The third-order valence-corrected chi connectivity index (χ3v) is 3.91. The Morgan fingerprint density at radius 2 is 1.89 bits per heavy atom. The first-order chi connectivity index (χ1) is 12.9. The van der Waals surface area contributed by atoms with Crippen molar-refractivity contribution < 1.29 is 27.5 Å². The van der Waals surface area contributed by atoms with Crippen LogP contribution in [0.15, 0.2) is 48.5 Å². The highest BCUT2D eigenvalue weighted by atomic mass is 19.3. The molecule has 0 aliphatic carbocycles. The summed E-state index contributed by atoms with van der Waals surface area (Å²) in [5.74, 6) is -0.958. The van der Waals surface area contributed by atoms with E-state index in [0.29, 0.717) is 18.8 Å². The van der Waals surface area contributed by atoms with Crippen LogP contribution in [-0.2, 0) is 4.79 Å². The molecule has 1 saturated heterocycles. The lowest BCUT2D eigenvalue weighted by molar-refractivity contribution is -0.116. The maximum atomic E-state index is 13.0. The average molecular weight is 379 g/mol. The molecule has 0 aromatic heterocycles. The zero-order valence-corrected chi connectivity index (χ0v) is 14.1. The molecular weight excluding hydrogens is 363 g/mol. The van der Waals surface area contributed by atoms with Crippen molar-refractivity contribution in [3.8, 4) is 5.75 Å². The molecule has 0 radical (unpaired) electrons. The molecule has 142 valence electrons. The van der Waals surface area contributed by atoms with Gasteiger partial charge in [0, 0.05) is 30.5 Å². The molecule has 1 aliphatic heterocycles. The zero-order chi connectivity index (χ0) is 19.4. The van der Waals surface area contributed by atoms with E-state index >= 15 is 0 Å². The van der Waals surface area contributed by atoms with E-state index in [2.05, 4.69) is 10.1 Å². The number of nitrogens with zero attached hydrogens (tertiary/aromatic N) is 2. The molecule has 6 nitrogen and oxygen atoms in total. The molecule has 3 rings (SSSR count). The van der Waals surface area contributed by atoms with E-state index in [1.807, 2.05) is 0 Å². The number of rotatable bonds is 6. The van der Waals surface area contributed by atoms with Crippen molar-refractivity contribution in [3.05, 3.63) is 54.3 Å². The van der Waals surface area contributed by atoms with Crippen LogP contribution in [0.4, 0.5) is 29.3 Å². The Kier molecular flexibility index (Phi) is 5.49. The van der Waals surface area contributed by atoms with Crippen molar-refractivity contribution in [1.82, 2.24) is 4.90 Å². The van der Waals surface area contributed by atoms with E-state index in [1.165, 1.54) is 58.3 Å². The SMILES string of the molecule is O=C(CN1CCN(c2ccc(F)cc2)C1=O)Nc1cccc(OC(F)F)c1. The second-order valence-electron chi connectivity index (χ2n) is 5.79. The fraction of sp³-hybridized carbons (Fsp3) is 0.222. The first kappa shape index (κ1) is 18.6. The van der Waals surface area contributed by atoms with Crippen LogP contribution < -0.4 is 15.0 Å². The van der Waals surface area contributed by atoms with Gasteiger partial charge in [-0.1, -0.05) is 6.07 Å². The normalized spacial score (nSPS) is 14.0. The van der Waals surface area contributed by atoms with Gasteiger partial charge in [-0.05, 0) is 36.4 Å². The van der Waals surface area contributed by atoms with Crippen LogP contribution >= 0.6 is 0 Å². The highest BCUT2D eigenvalue weighted by molar-refractivity contribution is 5.99. The topological polar surface area (TPSA) is 61.9 Å². The number of halogens is 3. The molecule has 9 heteroatoms. The highest BCUT2D eigenvalue weighted by Gasteiger charge is 2.30. The van der Waals surface area contributed by atoms with Gasteiger partial charge in [0.1, 0.15) is 18.1 Å². The molecule has 2 aromatic carbocycles. The number of amides is 3. The minimum Gasteiger partial charge on any atom is -0.435 e. The van der Waals surface area contributed by atoms with Gasteiger partial charge in [0.25, 0.3) is 0 Å². The Hall–Kier alpha value is -3.23. The van der Waals surface area contributed by atoms with E-state index in [0.717, 1.165) is 0 Å². The smallest absolute Gasteiger partial charge is 0.387 e. The van der Waals surface area contributed by atoms with Crippen LogP contribution in [0.25, 0.3) is 0 Å². The number of alkyl halides is 2. The van der Waals surface area contributed by atoms with Gasteiger partial charge in [0.2, 0.25) is 5.91 Å². The number of hydrogen-bond acceptors (Lipinski definition) is 3. The van der Waals surface area contributed by atoms with Crippen molar-refractivity contribution in [2.24, 2.45) is 0 Å². The summed E-state index contributed by atoms with van der Waals surface area (Å²) in [5, 5.41) is 2.54. The Balaban J connectivity index is 1.58. The highest BCUT2D eigenvalue weighted by Crippen LogP contribution is 2.22. The lowest BCUT2D eigenvalue weighted by Gasteiger charge is -2.18. The van der Waals surface area contributed by atoms with Crippen LogP contribution in [0.3, 0.4) is 0 Å². The maximum Gasteiger partial charge on any atom is 0.387 e. The fourth-order valence-electron chi connectivity index (χ4n) is 2.71. The van der Waals surface area contributed by atoms with Crippen molar-refractivity contribution >= 4 is 23.3 Å². The minimum atomic E-state index is -2.96. The summed E-state index contributed by atoms with van der Waals surface area (Å²) < 4.78 is 41.8. The molecular formula is C18H16F3N3O3. The second-order valence-corrected chi connectivity index (χ2v) is 5.79. The maximum absolute atomic E-state index is 13.0. The standard InChI is InChI=1S/C18H16F3N3O3/c19-12-4-6-14(7-5-12)24-9-8-23(18(24)26)11-16(25)22-13-2-1-3-15(10-13)27-17(20)21/h1-7,10,17H,8-9,11H2,(H,22,25). The van der Waals surface area contributed by atoms with Gasteiger partial charge < -0.3 is 15.0 Å². The van der Waals surface area contributed by atoms with Crippen LogP contribution in [0.2, 0.25) is 0 Å². The number of carbonyl (C=O) groups is 2. The number of nitrogens with one attached hydrogen (secondary N) is 1. The largest absolute Gasteiger partial charge is 0.435 e. The predicted molar refractivity (Wildman–Crippen MR) is 92.4 cm³/mol. The number of benzene rings is 2. The van der Waals surface area contributed by atoms with Crippen LogP contribution in [-0.4, -0.2) is 43.1 Å². The van der Waals surface area contributed by atoms with Crippen molar-refractivity contribution in [3.63, 3.8) is 0 Å². The van der Waals surface area contributed by atoms with Gasteiger partial charge in [-0.25, -0.2) is 9.18 Å². The molecule has 0 unspecified atom stereocenters. The number of urea groups is 1. The third kappa shape index (κ3) is 4.69. The van der Waals surface area contributed by atoms with Gasteiger partial charge in [-0.2, -0.15) is 8.78 Å². The summed E-state index contributed by atoms with van der Waals surface area (Å²) in [6, 6.07) is 10.7. The van der Waals surface area contributed by atoms with Crippen LogP contribution in [0.5, 0.6) is 5.75 Å². The first-order valence-corrected chi connectivity index (χ1v) is 8.09. The molecule has 0 saturated carbocycles. The molecule has 1 aliphatic rings. The van der Waals surface area contributed by atoms with Crippen molar-refractivity contribution in [2.75, 3.05) is 29.9 Å². The summed E-state index contributed by atoms with van der Waals surface area (Å²) in [5.41, 5.74) is 0.821. The lowest BCUT2D eigenvalue weighted by Crippen LogP contribution is -2.37. The summed E-state index contributed by atoms with van der Waals surface area (Å²) in [7, 11) is 0. The number of anilines is 2. The minimum absolute atomic E-state index is 0.0810. The molecule has 3 amide bonds. The van der Waals surface area contributed by atoms with E-state index in [9.17, 15) is 22.8 Å². The quantitative estimate of drug-likeness (QED) is 0.838. The Labute approximate surface area is 153 Å². The zero-order valence-electron chi connectivity index (χ0n) is 14.1. The van der Waals surface area contributed by atoms with Crippen molar-refractivity contribution in [2.45, 2.75) is 6.61 Å². The van der Waals surface area contributed by atoms with E-state index in [-0.39, 0.29) is 24.0 Å². The molecule has 1 heterocycles. The van der Waals surface area contributed by atoms with Gasteiger partial charge in [-0.15, -0.1) is 0 Å². The first-order valence-electron chi connectivity index (χ1n) is 8.09. The fourth-order valence-corrected chi connectivity index (χ4v) is 2.71. The summed E-state index contributed by atoms with van der Waals surface area (Å²) >= 11 is 0. The van der Waals surface area contributed by atoms with Gasteiger partial charge in [0.05, 0.1) is 0 Å². The monoisotopic (exact) mass is 379 g/mol. The summed E-state index contributed by atoms with van der Waals surface area (Å²) in [6.45, 7) is -2.46. The van der Waals surface area contributed by atoms with Gasteiger partial charge >= 0.3 is 12.6 Å². The third-order valence-electron chi connectivity index (χ3n) is 3.91. The Bertz CT molecular complexity index is 830. The van der Waals surface area contributed by atoms with E-state index in [4.69, 9.17) is 0 Å². The van der Waals surface area contributed by atoms with Crippen LogP contribution in [0, 0.1) is 5.82 Å². The van der Waals surface area contributed by atoms with E-state index in [1.54, 1.807) is 0 Å². The Morgan fingerprint density at radius 1 is 1.15 bits per heavy atom. The average Bonchev–Trinajstić information content (AvgIpc) is 2.96. The lowest BCUT2D eigenvalue weighted by atomic mass is 10.3. The molecule has 27 heavy (non-hydrogen) atoms. The predicted octanol–water partition coefficient (Wildman–Crippen LogP) is 3.31. The molecule has 0 bridgehead atoms. The number of hydrogen-bond donors (Lipinski definition) is 1. The molecule has 1 fully saturated rings. The van der Waals surface area contributed by atoms with E-state index < -0.39 is 18.3 Å². The molecule has 0 atom stereocenters. The Morgan fingerprint density at radius 3 is 2.59 bits per heavy atom. The summed E-state index contributed by atoms with van der Waals surface area (Å²) in [4.78, 5) is 27.4. The molecule has 1 N–H and O–H groups in total. The number of ether oxygens (including phenoxy) is 1. The number of carbonyl (C=O) groups excluding carboxylic acids is 2. The van der Waals surface area contributed by atoms with Gasteiger partial charge in [-0.3, -0.25) is 9.69 Å². The summed E-state index contributed by atoms with van der Waals surface area (Å²) in [6.07, 6.45) is 0. The van der Waals surface area contributed by atoms with Gasteiger partial charge in [0.15, 0.2) is 0 Å². The molecule has 0 spiro atoms. The molecule has 2 aromatic rings.